The summed E-state index contributed by atoms with van der Waals surface area (Å²) in [6.45, 7) is 3.71. The van der Waals surface area contributed by atoms with Crippen LogP contribution >= 0.6 is 0 Å². The van der Waals surface area contributed by atoms with E-state index in [2.05, 4.69) is 22.0 Å². The second kappa shape index (κ2) is 5.82. The number of hydrogen-bond donors (Lipinski definition) is 1. The van der Waals surface area contributed by atoms with Gasteiger partial charge in [0.1, 0.15) is 5.82 Å². The number of aromatic nitrogens is 1. The number of pyridine rings is 1. The van der Waals surface area contributed by atoms with E-state index in [-0.39, 0.29) is 12.1 Å². The van der Waals surface area contributed by atoms with Crippen LogP contribution in [0.4, 0.5) is 5.82 Å². The molecule has 1 fully saturated rings. The predicted octanol–water partition coefficient (Wildman–Crippen LogP) is 1.71. The van der Waals surface area contributed by atoms with Crippen LogP contribution in [0.3, 0.4) is 0 Å². The van der Waals surface area contributed by atoms with Crippen LogP contribution in [-0.4, -0.2) is 37.3 Å². The summed E-state index contributed by atoms with van der Waals surface area (Å²) in [5, 5.41) is 3.24. The molecule has 0 saturated carbocycles. The summed E-state index contributed by atoms with van der Waals surface area (Å²) in [4.78, 5) is 15.6. The van der Waals surface area contributed by atoms with Crippen molar-refractivity contribution in [2.24, 2.45) is 5.92 Å². The molecule has 1 saturated heterocycles. The standard InChI is InChI=1S/C13H18N2O3/c1-9-11(4-6-18-9)8-15-12-7-10(3-5-14-12)13(16)17-2/h3,5,7,9,11H,4,6,8H2,1-2H3,(H,14,15). The Morgan fingerprint density at radius 2 is 2.50 bits per heavy atom. The second-order valence-electron chi connectivity index (χ2n) is 4.43. The lowest BCUT2D eigenvalue weighted by Crippen LogP contribution is -2.21. The molecule has 0 radical (unpaired) electrons. The molecule has 0 spiro atoms. The molecule has 98 valence electrons. The molecule has 1 aliphatic rings. The first-order valence-corrected chi connectivity index (χ1v) is 6.10. The SMILES string of the molecule is COC(=O)c1ccnc(NCC2CCOC2C)c1. The van der Waals surface area contributed by atoms with E-state index in [9.17, 15) is 4.79 Å². The lowest BCUT2D eigenvalue weighted by Gasteiger charge is -2.15. The van der Waals surface area contributed by atoms with Crippen LogP contribution in [0.15, 0.2) is 18.3 Å². The molecule has 2 unspecified atom stereocenters. The number of hydrogen-bond acceptors (Lipinski definition) is 5. The second-order valence-corrected chi connectivity index (χ2v) is 4.43. The maximum Gasteiger partial charge on any atom is 0.338 e. The first kappa shape index (κ1) is 12.8. The van der Waals surface area contributed by atoms with Crippen molar-refractivity contribution in [3.8, 4) is 0 Å². The third-order valence-electron chi connectivity index (χ3n) is 3.26. The summed E-state index contributed by atoms with van der Waals surface area (Å²) < 4.78 is 10.2. The van der Waals surface area contributed by atoms with Gasteiger partial charge in [0, 0.05) is 25.3 Å². The first-order valence-electron chi connectivity index (χ1n) is 6.10. The summed E-state index contributed by atoms with van der Waals surface area (Å²) >= 11 is 0. The van der Waals surface area contributed by atoms with Crippen molar-refractivity contribution in [1.82, 2.24) is 4.98 Å². The van der Waals surface area contributed by atoms with Crippen LogP contribution in [0.2, 0.25) is 0 Å². The quantitative estimate of drug-likeness (QED) is 0.824. The minimum atomic E-state index is -0.349. The molecule has 0 amide bonds. The summed E-state index contributed by atoms with van der Waals surface area (Å²) in [5.74, 6) is 0.837. The fourth-order valence-electron chi connectivity index (χ4n) is 2.05. The van der Waals surface area contributed by atoms with Crippen molar-refractivity contribution in [2.45, 2.75) is 19.4 Å². The number of carbonyl (C=O) groups is 1. The highest BCUT2D eigenvalue weighted by Gasteiger charge is 2.23. The number of rotatable bonds is 4. The van der Waals surface area contributed by atoms with Crippen LogP contribution in [-0.2, 0) is 9.47 Å². The molecule has 5 nitrogen and oxygen atoms in total. The monoisotopic (exact) mass is 250 g/mol. The number of carbonyl (C=O) groups excluding carboxylic acids is 1. The zero-order chi connectivity index (χ0) is 13.0. The van der Waals surface area contributed by atoms with Crippen molar-refractivity contribution in [3.63, 3.8) is 0 Å². The van der Waals surface area contributed by atoms with Gasteiger partial charge in [0.15, 0.2) is 0 Å². The summed E-state index contributed by atoms with van der Waals surface area (Å²) in [6.07, 6.45) is 2.94. The molecular weight excluding hydrogens is 232 g/mol. The zero-order valence-corrected chi connectivity index (χ0v) is 10.7. The van der Waals surface area contributed by atoms with Crippen LogP contribution < -0.4 is 5.32 Å². The topological polar surface area (TPSA) is 60.5 Å². The van der Waals surface area contributed by atoms with Crippen molar-refractivity contribution < 1.29 is 14.3 Å². The zero-order valence-electron chi connectivity index (χ0n) is 10.7. The molecule has 5 heteroatoms. The molecular formula is C13H18N2O3. The maximum absolute atomic E-state index is 11.4. The molecule has 1 aliphatic heterocycles. The fraction of sp³-hybridized carbons (Fsp3) is 0.538. The van der Waals surface area contributed by atoms with Gasteiger partial charge in [0.05, 0.1) is 18.8 Å². The van der Waals surface area contributed by atoms with Gasteiger partial charge in [-0.3, -0.25) is 0 Å². The number of anilines is 1. The Morgan fingerprint density at radius 3 is 3.17 bits per heavy atom. The average molecular weight is 250 g/mol. The highest BCUT2D eigenvalue weighted by Crippen LogP contribution is 2.20. The number of esters is 1. The van der Waals surface area contributed by atoms with Crippen molar-refractivity contribution in [2.75, 3.05) is 25.6 Å². The fourth-order valence-corrected chi connectivity index (χ4v) is 2.05. The van der Waals surface area contributed by atoms with E-state index in [1.165, 1.54) is 7.11 Å². The van der Waals surface area contributed by atoms with Gasteiger partial charge in [0.25, 0.3) is 0 Å². The molecule has 1 aromatic rings. The maximum atomic E-state index is 11.4. The molecule has 1 N–H and O–H groups in total. The normalized spacial score (nSPS) is 22.8. The Kier molecular flexibility index (Phi) is 4.15. The van der Waals surface area contributed by atoms with E-state index in [0.29, 0.717) is 17.3 Å². The molecule has 18 heavy (non-hydrogen) atoms. The van der Waals surface area contributed by atoms with Crippen LogP contribution in [0.1, 0.15) is 23.7 Å². The van der Waals surface area contributed by atoms with E-state index in [1.807, 2.05) is 0 Å². The number of nitrogens with zero attached hydrogens (tertiary/aromatic N) is 1. The van der Waals surface area contributed by atoms with Crippen molar-refractivity contribution >= 4 is 11.8 Å². The Hall–Kier alpha value is -1.62. The van der Waals surface area contributed by atoms with Crippen LogP contribution in [0, 0.1) is 5.92 Å². The molecule has 0 aromatic carbocycles. The lowest BCUT2D eigenvalue weighted by molar-refractivity contribution is 0.0600. The van der Waals surface area contributed by atoms with Gasteiger partial charge in [-0.05, 0) is 25.5 Å². The Bertz CT molecular complexity index is 422. The Morgan fingerprint density at radius 1 is 1.67 bits per heavy atom. The Labute approximate surface area is 107 Å². The molecule has 1 aromatic heterocycles. The van der Waals surface area contributed by atoms with Crippen LogP contribution in [0.25, 0.3) is 0 Å². The Balaban J connectivity index is 1.95. The highest BCUT2D eigenvalue weighted by molar-refractivity contribution is 5.89. The van der Waals surface area contributed by atoms with E-state index in [4.69, 9.17) is 4.74 Å². The van der Waals surface area contributed by atoms with E-state index >= 15 is 0 Å². The summed E-state index contributed by atoms with van der Waals surface area (Å²) in [6, 6.07) is 3.34. The van der Waals surface area contributed by atoms with Crippen molar-refractivity contribution in [3.05, 3.63) is 23.9 Å². The van der Waals surface area contributed by atoms with Gasteiger partial charge >= 0.3 is 5.97 Å². The largest absolute Gasteiger partial charge is 0.465 e. The highest BCUT2D eigenvalue weighted by atomic mass is 16.5. The lowest BCUT2D eigenvalue weighted by atomic mass is 10.0. The molecule has 2 rings (SSSR count). The summed E-state index contributed by atoms with van der Waals surface area (Å²) in [5.41, 5.74) is 0.505. The average Bonchev–Trinajstić information content (AvgIpc) is 2.81. The molecule has 2 heterocycles. The van der Waals surface area contributed by atoms with Gasteiger partial charge in [-0.15, -0.1) is 0 Å². The minimum Gasteiger partial charge on any atom is -0.465 e. The van der Waals surface area contributed by atoms with Crippen LogP contribution in [0.5, 0.6) is 0 Å². The summed E-state index contributed by atoms with van der Waals surface area (Å²) in [7, 11) is 1.37. The predicted molar refractivity (Wildman–Crippen MR) is 67.6 cm³/mol. The van der Waals surface area contributed by atoms with Gasteiger partial charge in [0.2, 0.25) is 0 Å². The van der Waals surface area contributed by atoms with Gasteiger partial charge < -0.3 is 14.8 Å². The van der Waals surface area contributed by atoms with Crippen molar-refractivity contribution in [1.29, 1.82) is 0 Å². The number of methoxy groups -OCH3 is 1. The third kappa shape index (κ3) is 2.98. The van der Waals surface area contributed by atoms with E-state index < -0.39 is 0 Å². The first-order chi connectivity index (χ1) is 8.70. The van der Waals surface area contributed by atoms with Gasteiger partial charge in [-0.2, -0.15) is 0 Å². The van der Waals surface area contributed by atoms with E-state index in [0.717, 1.165) is 19.6 Å². The molecule has 0 bridgehead atoms. The smallest absolute Gasteiger partial charge is 0.338 e. The molecule has 2 atom stereocenters. The van der Waals surface area contributed by atoms with Gasteiger partial charge in [-0.1, -0.05) is 0 Å². The number of ether oxygens (including phenoxy) is 2. The van der Waals surface area contributed by atoms with Gasteiger partial charge in [-0.25, -0.2) is 9.78 Å². The molecule has 0 aliphatic carbocycles. The number of nitrogens with one attached hydrogen (secondary N) is 1. The third-order valence-corrected chi connectivity index (χ3v) is 3.26. The minimum absolute atomic E-state index is 0.279. The van der Waals surface area contributed by atoms with E-state index in [1.54, 1.807) is 18.3 Å².